The molecule has 0 aliphatic heterocycles. The summed E-state index contributed by atoms with van der Waals surface area (Å²) in [6.07, 6.45) is 1.19. The fraction of sp³-hybridized carbons (Fsp3) is 0.286. The van der Waals surface area contributed by atoms with E-state index in [1.54, 1.807) is 11.9 Å². The van der Waals surface area contributed by atoms with E-state index in [4.69, 9.17) is 0 Å². The van der Waals surface area contributed by atoms with Crippen LogP contribution in [0.25, 0.3) is 0 Å². The van der Waals surface area contributed by atoms with Crippen LogP contribution in [0, 0.1) is 5.82 Å². The van der Waals surface area contributed by atoms with E-state index in [9.17, 15) is 4.39 Å². The number of benzene rings is 1. The molecule has 6 heteroatoms. The van der Waals surface area contributed by atoms with E-state index in [2.05, 4.69) is 31.2 Å². The molecule has 2 aromatic rings. The van der Waals surface area contributed by atoms with Crippen molar-refractivity contribution in [2.75, 3.05) is 23.8 Å². The number of anilines is 2. The highest BCUT2D eigenvalue weighted by Crippen LogP contribution is 2.22. The van der Waals surface area contributed by atoms with Crippen molar-refractivity contribution in [3.8, 4) is 0 Å². The number of hydrogen-bond donors (Lipinski definition) is 1. The van der Waals surface area contributed by atoms with E-state index in [-0.39, 0.29) is 5.82 Å². The summed E-state index contributed by atoms with van der Waals surface area (Å²) in [6.45, 7) is 3.19. The Morgan fingerprint density at radius 2 is 2.10 bits per heavy atom. The lowest BCUT2D eigenvalue weighted by molar-refractivity contribution is 0.607. The Kier molecular flexibility index (Phi) is 4.89. The van der Waals surface area contributed by atoms with Gasteiger partial charge >= 0.3 is 0 Å². The molecule has 1 heterocycles. The fourth-order valence-corrected chi connectivity index (χ4v) is 2.24. The second-order valence-corrected chi connectivity index (χ2v) is 5.20. The number of nitrogens with zero attached hydrogens (tertiary/aromatic N) is 3. The Morgan fingerprint density at radius 3 is 2.80 bits per heavy atom. The van der Waals surface area contributed by atoms with Gasteiger partial charge in [0.15, 0.2) is 11.6 Å². The Labute approximate surface area is 126 Å². The lowest BCUT2D eigenvalue weighted by Crippen LogP contribution is -2.20. The Hall–Kier alpha value is -1.69. The van der Waals surface area contributed by atoms with Gasteiger partial charge in [0.2, 0.25) is 5.95 Å². The maximum atomic E-state index is 13.9. The molecule has 0 bridgehead atoms. The molecule has 0 atom stereocenters. The largest absolute Gasteiger partial charge is 0.354 e. The number of nitrogens with one attached hydrogen (secondary N) is 1. The maximum Gasteiger partial charge on any atom is 0.224 e. The molecule has 4 nitrogen and oxygen atoms in total. The zero-order chi connectivity index (χ0) is 14.5. The summed E-state index contributed by atoms with van der Waals surface area (Å²) < 4.78 is 14.9. The lowest BCUT2D eigenvalue weighted by Gasteiger charge is -2.20. The fourth-order valence-electron chi connectivity index (χ4n) is 1.83. The highest BCUT2D eigenvalue weighted by atomic mass is 79.9. The van der Waals surface area contributed by atoms with Crippen molar-refractivity contribution in [3.05, 3.63) is 46.3 Å². The summed E-state index contributed by atoms with van der Waals surface area (Å²) in [6, 6.07) is 7.85. The molecule has 0 spiro atoms. The summed E-state index contributed by atoms with van der Waals surface area (Å²) in [4.78, 5) is 9.87. The van der Waals surface area contributed by atoms with Crippen LogP contribution in [-0.2, 0) is 6.54 Å². The SMILES string of the molecule is CCNc1ncc(F)c(N(C)Cc2ccccc2Br)n1. The number of halogens is 2. The highest BCUT2D eigenvalue weighted by molar-refractivity contribution is 9.10. The third-order valence-electron chi connectivity index (χ3n) is 2.79. The van der Waals surface area contributed by atoms with E-state index in [0.29, 0.717) is 19.0 Å². The standard InChI is InChI=1S/C14H16BrFN4/c1-3-17-14-18-8-12(16)13(19-14)20(2)9-10-6-4-5-7-11(10)15/h4-8H,3,9H2,1-2H3,(H,17,18,19). The molecule has 1 aromatic carbocycles. The zero-order valence-electron chi connectivity index (χ0n) is 11.4. The minimum atomic E-state index is -0.429. The van der Waals surface area contributed by atoms with Crippen LogP contribution in [0.15, 0.2) is 34.9 Å². The molecule has 0 amide bonds. The molecule has 0 saturated heterocycles. The van der Waals surface area contributed by atoms with Crippen molar-refractivity contribution in [2.24, 2.45) is 0 Å². The first-order valence-corrected chi connectivity index (χ1v) is 7.12. The quantitative estimate of drug-likeness (QED) is 0.906. The zero-order valence-corrected chi connectivity index (χ0v) is 13.0. The molecule has 106 valence electrons. The van der Waals surface area contributed by atoms with Crippen molar-refractivity contribution in [2.45, 2.75) is 13.5 Å². The van der Waals surface area contributed by atoms with Crippen LogP contribution in [0.2, 0.25) is 0 Å². The average molecular weight is 339 g/mol. The van der Waals surface area contributed by atoms with E-state index in [1.807, 2.05) is 31.2 Å². The van der Waals surface area contributed by atoms with Crippen LogP contribution in [0.4, 0.5) is 16.2 Å². The topological polar surface area (TPSA) is 41.1 Å². The molecule has 0 saturated carbocycles. The summed E-state index contributed by atoms with van der Waals surface area (Å²) in [5.74, 6) is 0.288. The average Bonchev–Trinajstić information content (AvgIpc) is 2.43. The van der Waals surface area contributed by atoms with Crippen molar-refractivity contribution in [1.82, 2.24) is 9.97 Å². The summed E-state index contributed by atoms with van der Waals surface area (Å²) in [5, 5.41) is 2.98. The van der Waals surface area contributed by atoms with E-state index < -0.39 is 5.82 Å². The van der Waals surface area contributed by atoms with Crippen molar-refractivity contribution in [3.63, 3.8) is 0 Å². The first-order chi connectivity index (χ1) is 9.61. The van der Waals surface area contributed by atoms with Crippen LogP contribution in [-0.4, -0.2) is 23.6 Å². The number of hydrogen-bond acceptors (Lipinski definition) is 4. The Morgan fingerprint density at radius 1 is 1.35 bits per heavy atom. The molecule has 2 rings (SSSR count). The van der Waals surface area contributed by atoms with Gasteiger partial charge in [-0.2, -0.15) is 4.98 Å². The molecule has 0 aliphatic rings. The highest BCUT2D eigenvalue weighted by Gasteiger charge is 2.12. The molecular weight excluding hydrogens is 323 g/mol. The minimum absolute atomic E-state index is 0.284. The second-order valence-electron chi connectivity index (χ2n) is 4.34. The smallest absolute Gasteiger partial charge is 0.224 e. The van der Waals surface area contributed by atoms with Gasteiger partial charge in [0, 0.05) is 24.6 Å². The van der Waals surface area contributed by atoms with Gasteiger partial charge in [-0.3, -0.25) is 0 Å². The first kappa shape index (κ1) is 14.7. The predicted molar refractivity (Wildman–Crippen MR) is 82.4 cm³/mol. The van der Waals surface area contributed by atoms with E-state index in [0.717, 1.165) is 10.0 Å². The van der Waals surface area contributed by atoms with Gasteiger partial charge in [0.1, 0.15) is 0 Å². The first-order valence-electron chi connectivity index (χ1n) is 6.32. The summed E-state index contributed by atoms with van der Waals surface area (Å²) in [5.41, 5.74) is 1.07. The third kappa shape index (κ3) is 3.45. The normalized spacial score (nSPS) is 10.4. The molecule has 20 heavy (non-hydrogen) atoms. The predicted octanol–water partition coefficient (Wildman–Crippen LogP) is 3.45. The van der Waals surface area contributed by atoms with E-state index in [1.165, 1.54) is 6.20 Å². The Balaban J connectivity index is 2.22. The molecule has 0 fully saturated rings. The van der Waals surface area contributed by atoms with Gasteiger partial charge in [-0.15, -0.1) is 0 Å². The molecule has 0 unspecified atom stereocenters. The summed E-state index contributed by atoms with van der Waals surface area (Å²) in [7, 11) is 1.81. The molecule has 0 aliphatic carbocycles. The van der Waals surface area contributed by atoms with E-state index >= 15 is 0 Å². The van der Waals surface area contributed by atoms with Crippen LogP contribution in [0.3, 0.4) is 0 Å². The van der Waals surface area contributed by atoms with Gasteiger partial charge in [-0.05, 0) is 18.6 Å². The van der Waals surface area contributed by atoms with Gasteiger partial charge in [-0.25, -0.2) is 9.37 Å². The van der Waals surface area contributed by atoms with Gasteiger partial charge in [0.05, 0.1) is 6.20 Å². The minimum Gasteiger partial charge on any atom is -0.354 e. The molecule has 1 N–H and O–H groups in total. The number of aromatic nitrogens is 2. The Bertz CT molecular complexity index is 591. The van der Waals surface area contributed by atoms with Crippen LogP contribution in [0.5, 0.6) is 0 Å². The van der Waals surface area contributed by atoms with Gasteiger partial charge < -0.3 is 10.2 Å². The van der Waals surface area contributed by atoms with Gasteiger partial charge in [0.25, 0.3) is 0 Å². The van der Waals surface area contributed by atoms with Crippen molar-refractivity contribution in [1.29, 1.82) is 0 Å². The molecule has 0 radical (unpaired) electrons. The lowest BCUT2D eigenvalue weighted by atomic mass is 10.2. The molecular formula is C14H16BrFN4. The van der Waals surface area contributed by atoms with Crippen LogP contribution in [0.1, 0.15) is 12.5 Å². The van der Waals surface area contributed by atoms with Gasteiger partial charge in [-0.1, -0.05) is 34.1 Å². The summed E-state index contributed by atoms with van der Waals surface area (Å²) >= 11 is 3.49. The van der Waals surface area contributed by atoms with Crippen LogP contribution < -0.4 is 10.2 Å². The third-order valence-corrected chi connectivity index (χ3v) is 3.56. The monoisotopic (exact) mass is 338 g/mol. The van der Waals surface area contributed by atoms with Crippen molar-refractivity contribution >= 4 is 27.7 Å². The maximum absolute atomic E-state index is 13.9. The second kappa shape index (κ2) is 6.65. The van der Waals surface area contributed by atoms with Crippen molar-refractivity contribution < 1.29 is 4.39 Å². The molecule has 1 aromatic heterocycles. The number of rotatable bonds is 5. The van der Waals surface area contributed by atoms with Crippen LogP contribution >= 0.6 is 15.9 Å².